The van der Waals surface area contributed by atoms with Crippen LogP contribution in [0.4, 0.5) is 4.79 Å². The van der Waals surface area contributed by atoms with Crippen molar-refractivity contribution >= 4 is 17.6 Å². The van der Waals surface area contributed by atoms with Gasteiger partial charge in [0.15, 0.2) is 0 Å². The third kappa shape index (κ3) is 5.18. The number of likely N-dealkylation sites (N-methyl/N-ethyl adjacent to an activating group) is 1. The lowest BCUT2D eigenvalue weighted by Crippen LogP contribution is -2.45. The minimum atomic E-state index is -0.0623. The molecular formula is C17H26ClN3O. The van der Waals surface area contributed by atoms with E-state index in [1.165, 1.54) is 19.3 Å². The predicted octanol–water partition coefficient (Wildman–Crippen LogP) is 3.57. The Kier molecular flexibility index (Phi) is 6.52. The average molecular weight is 324 g/mol. The van der Waals surface area contributed by atoms with Gasteiger partial charge < -0.3 is 15.5 Å². The van der Waals surface area contributed by atoms with E-state index in [1.54, 1.807) is 0 Å². The van der Waals surface area contributed by atoms with Crippen molar-refractivity contribution in [2.75, 3.05) is 20.6 Å². The van der Waals surface area contributed by atoms with E-state index in [0.29, 0.717) is 12.6 Å². The molecule has 1 atom stereocenters. The lowest BCUT2D eigenvalue weighted by Gasteiger charge is -2.27. The zero-order valence-electron chi connectivity index (χ0n) is 13.4. The van der Waals surface area contributed by atoms with Crippen LogP contribution in [-0.4, -0.2) is 37.6 Å². The topological polar surface area (TPSA) is 44.4 Å². The molecule has 4 nitrogen and oxygen atoms in total. The zero-order valence-corrected chi connectivity index (χ0v) is 14.2. The maximum absolute atomic E-state index is 12.1. The first-order valence-electron chi connectivity index (χ1n) is 8.02. The SMILES string of the molecule is CN(C)C(CNC(=O)NC1CCCCC1)c1ccc(Cl)cc1. The molecule has 1 aliphatic carbocycles. The van der Waals surface area contributed by atoms with Crippen LogP contribution >= 0.6 is 11.6 Å². The van der Waals surface area contributed by atoms with Crippen molar-refractivity contribution in [3.63, 3.8) is 0 Å². The third-order valence-electron chi connectivity index (χ3n) is 4.27. The monoisotopic (exact) mass is 323 g/mol. The molecule has 22 heavy (non-hydrogen) atoms. The Bertz CT molecular complexity index is 469. The summed E-state index contributed by atoms with van der Waals surface area (Å²) in [5.74, 6) is 0. The molecule has 0 spiro atoms. The highest BCUT2D eigenvalue weighted by Gasteiger charge is 2.18. The van der Waals surface area contributed by atoms with Crippen LogP contribution < -0.4 is 10.6 Å². The van der Waals surface area contributed by atoms with E-state index < -0.39 is 0 Å². The molecule has 1 unspecified atom stereocenters. The Balaban J connectivity index is 1.85. The molecule has 0 heterocycles. The lowest BCUT2D eigenvalue weighted by molar-refractivity contribution is 0.225. The molecule has 5 heteroatoms. The molecule has 1 fully saturated rings. The second-order valence-electron chi connectivity index (χ2n) is 6.22. The molecule has 0 saturated heterocycles. The van der Waals surface area contributed by atoms with Gasteiger partial charge in [0.1, 0.15) is 0 Å². The molecule has 0 aliphatic heterocycles. The summed E-state index contributed by atoms with van der Waals surface area (Å²) in [6.45, 7) is 0.577. The van der Waals surface area contributed by atoms with E-state index in [2.05, 4.69) is 15.5 Å². The normalized spacial score (nSPS) is 17.3. The van der Waals surface area contributed by atoms with Crippen molar-refractivity contribution in [3.05, 3.63) is 34.9 Å². The van der Waals surface area contributed by atoms with Crippen LogP contribution in [0.5, 0.6) is 0 Å². The van der Waals surface area contributed by atoms with Gasteiger partial charge in [0, 0.05) is 17.6 Å². The summed E-state index contributed by atoms with van der Waals surface area (Å²) in [6, 6.07) is 8.19. The number of benzene rings is 1. The number of halogens is 1. The standard InChI is InChI=1S/C17H26ClN3O/c1-21(2)16(13-8-10-14(18)11-9-13)12-19-17(22)20-15-6-4-3-5-7-15/h8-11,15-16H,3-7,12H2,1-2H3,(H2,19,20,22). The minimum absolute atomic E-state index is 0.0623. The van der Waals surface area contributed by atoms with Crippen LogP contribution in [0.3, 0.4) is 0 Å². The van der Waals surface area contributed by atoms with Crippen LogP contribution in [0.1, 0.15) is 43.7 Å². The maximum atomic E-state index is 12.1. The number of hydrogen-bond donors (Lipinski definition) is 2. The smallest absolute Gasteiger partial charge is 0.315 e. The first-order chi connectivity index (χ1) is 10.6. The number of carbonyl (C=O) groups excluding carboxylic acids is 1. The van der Waals surface area contributed by atoms with Crippen molar-refractivity contribution in [1.82, 2.24) is 15.5 Å². The summed E-state index contributed by atoms with van der Waals surface area (Å²) in [6.07, 6.45) is 5.93. The number of nitrogens with one attached hydrogen (secondary N) is 2. The van der Waals surface area contributed by atoms with Crippen molar-refractivity contribution in [2.24, 2.45) is 0 Å². The first-order valence-corrected chi connectivity index (χ1v) is 8.40. The molecule has 122 valence electrons. The molecular weight excluding hydrogens is 298 g/mol. The van der Waals surface area contributed by atoms with E-state index in [1.807, 2.05) is 38.4 Å². The maximum Gasteiger partial charge on any atom is 0.315 e. The second kappa shape index (κ2) is 8.39. The largest absolute Gasteiger partial charge is 0.336 e. The van der Waals surface area contributed by atoms with Gasteiger partial charge in [-0.2, -0.15) is 0 Å². The van der Waals surface area contributed by atoms with E-state index in [9.17, 15) is 4.79 Å². The number of nitrogens with zero attached hydrogens (tertiary/aromatic N) is 1. The van der Waals surface area contributed by atoms with Gasteiger partial charge in [0.05, 0.1) is 6.04 Å². The Morgan fingerprint density at radius 3 is 2.45 bits per heavy atom. The highest BCUT2D eigenvalue weighted by atomic mass is 35.5. The zero-order chi connectivity index (χ0) is 15.9. The van der Waals surface area contributed by atoms with Gasteiger partial charge in [-0.1, -0.05) is 43.0 Å². The number of carbonyl (C=O) groups is 1. The Labute approximate surface area is 138 Å². The summed E-state index contributed by atoms with van der Waals surface area (Å²) >= 11 is 5.94. The van der Waals surface area contributed by atoms with Crippen molar-refractivity contribution in [3.8, 4) is 0 Å². The Morgan fingerprint density at radius 2 is 1.86 bits per heavy atom. The van der Waals surface area contributed by atoms with Gasteiger partial charge in [-0.3, -0.25) is 0 Å². The molecule has 2 amide bonds. The molecule has 2 N–H and O–H groups in total. The quantitative estimate of drug-likeness (QED) is 0.870. The number of amides is 2. The third-order valence-corrected chi connectivity index (χ3v) is 4.53. The highest BCUT2D eigenvalue weighted by Crippen LogP contribution is 2.20. The van der Waals surface area contributed by atoms with Crippen LogP contribution in [0.15, 0.2) is 24.3 Å². The molecule has 0 radical (unpaired) electrons. The number of rotatable bonds is 5. The van der Waals surface area contributed by atoms with Crippen LogP contribution in [0.25, 0.3) is 0 Å². The summed E-state index contributed by atoms with van der Waals surface area (Å²) < 4.78 is 0. The van der Waals surface area contributed by atoms with Crippen molar-refractivity contribution in [1.29, 1.82) is 0 Å². The second-order valence-corrected chi connectivity index (χ2v) is 6.66. The van der Waals surface area contributed by atoms with Crippen molar-refractivity contribution in [2.45, 2.75) is 44.2 Å². The molecule has 0 aromatic heterocycles. The Hall–Kier alpha value is -1.26. The fourth-order valence-corrected chi connectivity index (χ4v) is 3.08. The molecule has 1 aliphatic rings. The summed E-state index contributed by atoms with van der Waals surface area (Å²) in [5.41, 5.74) is 1.15. The van der Waals surface area contributed by atoms with Crippen LogP contribution in [0.2, 0.25) is 5.02 Å². The van der Waals surface area contributed by atoms with Crippen LogP contribution in [0, 0.1) is 0 Å². The summed E-state index contributed by atoms with van der Waals surface area (Å²) in [4.78, 5) is 14.2. The Morgan fingerprint density at radius 1 is 1.23 bits per heavy atom. The van der Waals surface area contributed by atoms with Gasteiger partial charge >= 0.3 is 6.03 Å². The lowest BCUT2D eigenvalue weighted by atomic mass is 9.96. The van der Waals surface area contributed by atoms with Crippen LogP contribution in [-0.2, 0) is 0 Å². The molecule has 1 aromatic rings. The van der Waals surface area contributed by atoms with Gasteiger partial charge in [0.2, 0.25) is 0 Å². The van der Waals surface area contributed by atoms with E-state index in [0.717, 1.165) is 23.4 Å². The fraction of sp³-hybridized carbons (Fsp3) is 0.588. The van der Waals surface area contributed by atoms with Gasteiger partial charge in [-0.15, -0.1) is 0 Å². The van der Waals surface area contributed by atoms with Gasteiger partial charge in [-0.05, 0) is 44.6 Å². The first kappa shape index (κ1) is 17.1. The number of urea groups is 1. The van der Waals surface area contributed by atoms with Gasteiger partial charge in [-0.25, -0.2) is 4.79 Å². The summed E-state index contributed by atoms with van der Waals surface area (Å²) in [5, 5.41) is 6.81. The van der Waals surface area contributed by atoms with Gasteiger partial charge in [0.25, 0.3) is 0 Å². The minimum Gasteiger partial charge on any atom is -0.336 e. The number of hydrogen-bond acceptors (Lipinski definition) is 2. The molecule has 0 bridgehead atoms. The van der Waals surface area contributed by atoms with E-state index >= 15 is 0 Å². The molecule has 1 saturated carbocycles. The fourth-order valence-electron chi connectivity index (χ4n) is 2.96. The highest BCUT2D eigenvalue weighted by molar-refractivity contribution is 6.30. The predicted molar refractivity (Wildman–Crippen MR) is 91.3 cm³/mol. The molecule has 1 aromatic carbocycles. The average Bonchev–Trinajstić information content (AvgIpc) is 2.50. The van der Waals surface area contributed by atoms with E-state index in [4.69, 9.17) is 11.6 Å². The molecule has 2 rings (SSSR count). The van der Waals surface area contributed by atoms with E-state index in [-0.39, 0.29) is 12.1 Å². The van der Waals surface area contributed by atoms with Crippen molar-refractivity contribution < 1.29 is 4.79 Å². The summed E-state index contributed by atoms with van der Waals surface area (Å²) in [7, 11) is 4.03.